The number of benzene rings is 2. The first-order valence-corrected chi connectivity index (χ1v) is 7.14. The van der Waals surface area contributed by atoms with E-state index in [0.717, 1.165) is 22.3 Å². The SMILES string of the molecule is NC(=S)c1c(Cl)cccc1Nc1ccc2ncccc2c1. The molecule has 2 aromatic carbocycles. The van der Waals surface area contributed by atoms with E-state index in [-0.39, 0.29) is 4.99 Å². The molecule has 0 saturated carbocycles. The van der Waals surface area contributed by atoms with Crippen LogP contribution in [0.2, 0.25) is 5.02 Å². The molecule has 3 aromatic rings. The molecular formula is C16H12ClN3S. The number of fused-ring (bicyclic) bond motifs is 1. The van der Waals surface area contributed by atoms with Crippen molar-refractivity contribution in [2.75, 3.05) is 5.32 Å². The number of halogens is 1. The van der Waals surface area contributed by atoms with Gasteiger partial charge in [-0.2, -0.15) is 0 Å². The number of rotatable bonds is 3. The number of thiocarbonyl (C=S) groups is 1. The topological polar surface area (TPSA) is 50.9 Å². The van der Waals surface area contributed by atoms with E-state index in [4.69, 9.17) is 29.6 Å². The standard InChI is InChI=1S/C16H12ClN3S/c17-12-4-1-5-14(15(12)16(18)21)20-11-6-7-13-10(9-11)3-2-8-19-13/h1-9,20H,(H2,18,21). The fourth-order valence-electron chi connectivity index (χ4n) is 2.19. The molecule has 1 heterocycles. The van der Waals surface area contributed by atoms with Crippen LogP contribution in [0.5, 0.6) is 0 Å². The third-order valence-electron chi connectivity index (χ3n) is 3.14. The van der Waals surface area contributed by atoms with Crippen LogP contribution in [0, 0.1) is 0 Å². The number of hydrogen-bond donors (Lipinski definition) is 2. The molecule has 3 rings (SSSR count). The van der Waals surface area contributed by atoms with Crippen molar-refractivity contribution in [2.45, 2.75) is 0 Å². The lowest BCUT2D eigenvalue weighted by atomic mass is 10.1. The Balaban J connectivity index is 2.02. The molecule has 0 atom stereocenters. The highest BCUT2D eigenvalue weighted by atomic mass is 35.5. The molecule has 0 amide bonds. The normalized spacial score (nSPS) is 10.5. The van der Waals surface area contributed by atoms with Crippen LogP contribution in [0.15, 0.2) is 54.7 Å². The molecule has 21 heavy (non-hydrogen) atoms. The van der Waals surface area contributed by atoms with Crippen molar-refractivity contribution in [3.63, 3.8) is 0 Å². The first-order chi connectivity index (χ1) is 10.1. The molecule has 0 aliphatic heterocycles. The Morgan fingerprint density at radius 1 is 1.14 bits per heavy atom. The molecule has 104 valence electrons. The highest BCUT2D eigenvalue weighted by Gasteiger charge is 2.10. The van der Waals surface area contributed by atoms with Gasteiger partial charge in [0.2, 0.25) is 0 Å². The van der Waals surface area contributed by atoms with Gasteiger partial charge in [-0.25, -0.2) is 0 Å². The third kappa shape index (κ3) is 2.82. The molecule has 1 aromatic heterocycles. The van der Waals surface area contributed by atoms with Gasteiger partial charge in [0.1, 0.15) is 4.99 Å². The number of pyridine rings is 1. The van der Waals surface area contributed by atoms with Crippen molar-refractivity contribution in [1.82, 2.24) is 4.98 Å². The van der Waals surface area contributed by atoms with E-state index in [1.165, 1.54) is 0 Å². The molecule has 5 heteroatoms. The first-order valence-electron chi connectivity index (χ1n) is 6.35. The van der Waals surface area contributed by atoms with Crippen molar-refractivity contribution < 1.29 is 0 Å². The number of nitrogens with one attached hydrogen (secondary N) is 1. The zero-order chi connectivity index (χ0) is 14.8. The summed E-state index contributed by atoms with van der Waals surface area (Å²) in [5.74, 6) is 0. The van der Waals surface area contributed by atoms with Gasteiger partial charge in [-0.05, 0) is 36.4 Å². The van der Waals surface area contributed by atoms with E-state index >= 15 is 0 Å². The summed E-state index contributed by atoms with van der Waals surface area (Å²) in [6.45, 7) is 0. The highest BCUT2D eigenvalue weighted by Crippen LogP contribution is 2.28. The summed E-state index contributed by atoms with van der Waals surface area (Å²) < 4.78 is 0. The zero-order valence-electron chi connectivity index (χ0n) is 11.0. The molecule has 0 aliphatic rings. The Morgan fingerprint density at radius 2 is 2.00 bits per heavy atom. The maximum absolute atomic E-state index is 6.17. The van der Waals surface area contributed by atoms with Crippen molar-refractivity contribution >= 4 is 51.1 Å². The van der Waals surface area contributed by atoms with Gasteiger partial charge in [-0.3, -0.25) is 4.98 Å². The molecular weight excluding hydrogens is 302 g/mol. The molecule has 0 unspecified atom stereocenters. The molecule has 0 saturated heterocycles. The second-order valence-electron chi connectivity index (χ2n) is 4.56. The van der Waals surface area contributed by atoms with E-state index in [9.17, 15) is 0 Å². The Hall–Kier alpha value is -2.17. The van der Waals surface area contributed by atoms with Crippen LogP contribution in [-0.4, -0.2) is 9.97 Å². The molecule has 0 spiro atoms. The molecule has 0 aliphatic carbocycles. The van der Waals surface area contributed by atoms with Gasteiger partial charge in [-0.15, -0.1) is 0 Å². The Kier molecular flexibility index (Phi) is 3.73. The van der Waals surface area contributed by atoms with Crippen LogP contribution < -0.4 is 11.1 Å². The summed E-state index contributed by atoms with van der Waals surface area (Å²) in [6, 6.07) is 15.4. The minimum absolute atomic E-state index is 0.269. The highest BCUT2D eigenvalue weighted by molar-refractivity contribution is 7.80. The van der Waals surface area contributed by atoms with Crippen LogP contribution in [0.25, 0.3) is 10.9 Å². The minimum Gasteiger partial charge on any atom is -0.389 e. The molecule has 0 fully saturated rings. The molecule has 0 radical (unpaired) electrons. The average Bonchev–Trinajstić information content (AvgIpc) is 2.47. The van der Waals surface area contributed by atoms with Crippen LogP contribution in [0.1, 0.15) is 5.56 Å². The van der Waals surface area contributed by atoms with Crippen molar-refractivity contribution in [3.05, 3.63) is 65.3 Å². The van der Waals surface area contributed by atoms with Gasteiger partial charge in [0, 0.05) is 17.3 Å². The lowest BCUT2D eigenvalue weighted by Gasteiger charge is -2.13. The van der Waals surface area contributed by atoms with Gasteiger partial charge >= 0.3 is 0 Å². The number of hydrogen-bond acceptors (Lipinski definition) is 3. The summed E-state index contributed by atoms with van der Waals surface area (Å²) in [5, 5.41) is 4.90. The summed E-state index contributed by atoms with van der Waals surface area (Å²) in [6.07, 6.45) is 1.78. The number of nitrogens with two attached hydrogens (primary N) is 1. The minimum atomic E-state index is 0.269. The van der Waals surface area contributed by atoms with Crippen LogP contribution in [-0.2, 0) is 0 Å². The second-order valence-corrected chi connectivity index (χ2v) is 5.41. The quantitative estimate of drug-likeness (QED) is 0.709. The predicted octanol–water partition coefficient (Wildman–Crippen LogP) is 4.27. The Labute approximate surface area is 132 Å². The van der Waals surface area contributed by atoms with Crippen molar-refractivity contribution in [3.8, 4) is 0 Å². The van der Waals surface area contributed by atoms with Crippen molar-refractivity contribution in [1.29, 1.82) is 0 Å². The summed E-state index contributed by atoms with van der Waals surface area (Å²) in [7, 11) is 0. The monoisotopic (exact) mass is 313 g/mol. The average molecular weight is 314 g/mol. The van der Waals surface area contributed by atoms with E-state index in [1.54, 1.807) is 12.3 Å². The van der Waals surface area contributed by atoms with Gasteiger partial charge in [-0.1, -0.05) is 36.0 Å². The first kappa shape index (κ1) is 13.8. The maximum atomic E-state index is 6.17. The predicted molar refractivity (Wildman–Crippen MR) is 92.4 cm³/mol. The summed E-state index contributed by atoms with van der Waals surface area (Å²) in [5.41, 5.74) is 9.07. The Morgan fingerprint density at radius 3 is 2.81 bits per heavy atom. The van der Waals surface area contributed by atoms with Gasteiger partial charge in [0.05, 0.1) is 21.8 Å². The van der Waals surface area contributed by atoms with Crippen LogP contribution in [0.4, 0.5) is 11.4 Å². The van der Waals surface area contributed by atoms with Crippen LogP contribution >= 0.6 is 23.8 Å². The van der Waals surface area contributed by atoms with Crippen LogP contribution in [0.3, 0.4) is 0 Å². The molecule has 3 N–H and O–H groups in total. The van der Waals surface area contributed by atoms with Gasteiger partial charge in [0.25, 0.3) is 0 Å². The smallest absolute Gasteiger partial charge is 0.107 e. The van der Waals surface area contributed by atoms with Gasteiger partial charge in [0.15, 0.2) is 0 Å². The molecule has 0 bridgehead atoms. The fraction of sp³-hybridized carbons (Fsp3) is 0. The maximum Gasteiger partial charge on any atom is 0.107 e. The lowest BCUT2D eigenvalue weighted by molar-refractivity contribution is 1.41. The lowest BCUT2D eigenvalue weighted by Crippen LogP contribution is -2.12. The molecule has 3 nitrogen and oxygen atoms in total. The number of aromatic nitrogens is 1. The second kappa shape index (κ2) is 5.68. The van der Waals surface area contributed by atoms with Gasteiger partial charge < -0.3 is 11.1 Å². The van der Waals surface area contributed by atoms with E-state index < -0.39 is 0 Å². The van der Waals surface area contributed by atoms with E-state index in [2.05, 4.69) is 10.3 Å². The summed E-state index contributed by atoms with van der Waals surface area (Å²) in [4.78, 5) is 4.57. The van der Waals surface area contributed by atoms with E-state index in [0.29, 0.717) is 10.6 Å². The number of nitrogens with zero attached hydrogens (tertiary/aromatic N) is 1. The fourth-order valence-corrected chi connectivity index (χ4v) is 2.74. The zero-order valence-corrected chi connectivity index (χ0v) is 12.6. The van der Waals surface area contributed by atoms with E-state index in [1.807, 2.05) is 42.5 Å². The third-order valence-corrected chi connectivity index (χ3v) is 3.66. The van der Waals surface area contributed by atoms with Crippen molar-refractivity contribution in [2.24, 2.45) is 5.73 Å². The Bertz CT molecular complexity index is 833. The summed E-state index contributed by atoms with van der Waals surface area (Å²) >= 11 is 11.2. The number of anilines is 2. The largest absolute Gasteiger partial charge is 0.389 e.